The van der Waals surface area contributed by atoms with Crippen molar-refractivity contribution in [1.82, 2.24) is 14.8 Å². The number of aromatic nitrogens is 1. The molecule has 3 heterocycles. The Balaban J connectivity index is 0.00000320. The van der Waals surface area contributed by atoms with Crippen LogP contribution in [0, 0.1) is 0 Å². The Labute approximate surface area is 225 Å². The fraction of sp³-hybridized carbons (Fsp3) is 0.321. The van der Waals surface area contributed by atoms with Gasteiger partial charge in [-0.1, -0.05) is 55.0 Å². The Kier molecular flexibility index (Phi) is 8.63. The van der Waals surface area contributed by atoms with Crippen LogP contribution >= 0.6 is 23.7 Å². The molecule has 0 atom stereocenters. The number of ketones is 1. The molecular formula is C28H30ClN3O4S. The van der Waals surface area contributed by atoms with E-state index in [0.717, 1.165) is 25.0 Å². The lowest BCUT2D eigenvalue weighted by Crippen LogP contribution is -2.37. The highest BCUT2D eigenvalue weighted by Crippen LogP contribution is 2.39. The molecule has 0 unspecified atom stereocenters. The number of hydrogen-bond acceptors (Lipinski definition) is 6. The van der Waals surface area contributed by atoms with Crippen molar-refractivity contribution in [3.05, 3.63) is 75.4 Å². The molecule has 0 bridgehead atoms. The first kappa shape index (κ1) is 26.9. The number of thiophene rings is 1. The van der Waals surface area contributed by atoms with E-state index in [4.69, 9.17) is 4.74 Å². The second-order valence-electron chi connectivity index (χ2n) is 9.02. The molecule has 9 heteroatoms. The van der Waals surface area contributed by atoms with E-state index in [1.807, 2.05) is 30.3 Å². The number of hydrogen-bond donors (Lipinski definition) is 1. The van der Waals surface area contributed by atoms with Crippen molar-refractivity contribution in [3.63, 3.8) is 0 Å². The fourth-order valence-corrected chi connectivity index (χ4v) is 6.11. The number of fused-ring (bicyclic) bond motifs is 3. The van der Waals surface area contributed by atoms with Gasteiger partial charge in [-0.3, -0.25) is 19.0 Å². The number of carbonyl (C=O) groups is 2. The summed E-state index contributed by atoms with van der Waals surface area (Å²) in [5.74, 6) is -0.144. The topological polar surface area (TPSA) is 80.6 Å². The van der Waals surface area contributed by atoms with Crippen molar-refractivity contribution >= 4 is 56.4 Å². The molecule has 1 fully saturated rings. The molecule has 1 aliphatic heterocycles. The van der Waals surface area contributed by atoms with Crippen LogP contribution in [0.4, 0.5) is 0 Å². The van der Waals surface area contributed by atoms with Gasteiger partial charge in [-0.05, 0) is 32.0 Å². The maximum absolute atomic E-state index is 13.7. The minimum Gasteiger partial charge on any atom is -0.494 e. The SMILES string of the molecule is COc1c(C(=O)NCCN2CCCCC2)sc2c1c(=O)n(CC(=O)c1ccccc1)c1ccccc21.Cl. The molecule has 1 N–H and O–H groups in total. The van der Waals surface area contributed by atoms with Crippen molar-refractivity contribution < 1.29 is 14.3 Å². The Morgan fingerprint density at radius 1 is 1.00 bits per heavy atom. The minimum atomic E-state index is -0.339. The number of carbonyl (C=O) groups excluding carboxylic acids is 2. The third-order valence-electron chi connectivity index (χ3n) is 6.73. The van der Waals surface area contributed by atoms with Crippen molar-refractivity contribution in [1.29, 1.82) is 0 Å². The lowest BCUT2D eigenvalue weighted by molar-refractivity contribution is 0.0945. The number of methoxy groups -OCH3 is 1. The number of piperidine rings is 1. The van der Waals surface area contributed by atoms with E-state index < -0.39 is 0 Å². The average Bonchev–Trinajstić information content (AvgIpc) is 3.32. The van der Waals surface area contributed by atoms with Gasteiger partial charge in [0.1, 0.15) is 10.3 Å². The van der Waals surface area contributed by atoms with Gasteiger partial charge in [-0.15, -0.1) is 23.7 Å². The highest BCUT2D eigenvalue weighted by atomic mass is 35.5. The van der Waals surface area contributed by atoms with Gasteiger partial charge < -0.3 is 15.0 Å². The lowest BCUT2D eigenvalue weighted by atomic mass is 10.1. The summed E-state index contributed by atoms with van der Waals surface area (Å²) in [6.45, 7) is 3.36. The quantitative estimate of drug-likeness (QED) is 0.327. The van der Waals surface area contributed by atoms with Crippen LogP contribution in [0.25, 0.3) is 21.0 Å². The zero-order valence-corrected chi connectivity index (χ0v) is 22.3. The van der Waals surface area contributed by atoms with Crippen molar-refractivity contribution in [2.24, 2.45) is 0 Å². The average molecular weight is 540 g/mol. The Bertz CT molecular complexity index is 1480. The van der Waals surface area contributed by atoms with Crippen LogP contribution in [0.5, 0.6) is 5.75 Å². The lowest BCUT2D eigenvalue weighted by Gasteiger charge is -2.26. The Hall–Kier alpha value is -3.20. The summed E-state index contributed by atoms with van der Waals surface area (Å²) in [5, 5.41) is 4.15. The van der Waals surface area contributed by atoms with Crippen LogP contribution in [-0.2, 0) is 6.54 Å². The van der Waals surface area contributed by atoms with Crippen LogP contribution in [0.1, 0.15) is 39.3 Å². The number of rotatable bonds is 8. The van der Waals surface area contributed by atoms with E-state index >= 15 is 0 Å². The number of benzene rings is 2. The summed E-state index contributed by atoms with van der Waals surface area (Å²) in [6.07, 6.45) is 3.67. The molecule has 0 saturated carbocycles. The highest BCUT2D eigenvalue weighted by molar-refractivity contribution is 7.22. The molecular weight excluding hydrogens is 510 g/mol. The molecule has 0 aliphatic carbocycles. The van der Waals surface area contributed by atoms with Crippen molar-refractivity contribution in [3.8, 4) is 5.75 Å². The van der Waals surface area contributed by atoms with E-state index in [0.29, 0.717) is 32.6 Å². The molecule has 37 heavy (non-hydrogen) atoms. The molecule has 7 nitrogen and oxygen atoms in total. The number of ether oxygens (including phenoxy) is 1. The number of nitrogens with zero attached hydrogens (tertiary/aromatic N) is 2. The Morgan fingerprint density at radius 2 is 1.70 bits per heavy atom. The molecule has 2 aromatic heterocycles. The summed E-state index contributed by atoms with van der Waals surface area (Å²) in [5.41, 5.74) is 0.855. The second-order valence-corrected chi connectivity index (χ2v) is 10.0. The first-order valence-electron chi connectivity index (χ1n) is 12.3. The van der Waals surface area contributed by atoms with Crippen molar-refractivity contribution in [2.45, 2.75) is 25.8 Å². The van der Waals surface area contributed by atoms with Crippen LogP contribution in [-0.4, -0.2) is 54.4 Å². The van der Waals surface area contributed by atoms with Gasteiger partial charge in [-0.25, -0.2) is 0 Å². The maximum atomic E-state index is 13.7. The third kappa shape index (κ3) is 5.42. The summed E-state index contributed by atoms with van der Waals surface area (Å²) in [7, 11) is 1.47. The van der Waals surface area contributed by atoms with Gasteiger partial charge in [0, 0.05) is 24.0 Å². The van der Waals surface area contributed by atoms with Crippen LogP contribution in [0.2, 0.25) is 0 Å². The molecule has 5 rings (SSSR count). The van der Waals surface area contributed by atoms with E-state index in [-0.39, 0.29) is 42.0 Å². The fourth-order valence-electron chi connectivity index (χ4n) is 4.90. The van der Waals surface area contributed by atoms with Crippen LogP contribution in [0.15, 0.2) is 59.4 Å². The smallest absolute Gasteiger partial charge is 0.265 e. The molecule has 2 aromatic carbocycles. The van der Waals surface area contributed by atoms with E-state index in [1.165, 1.54) is 42.3 Å². The molecule has 4 aromatic rings. The summed E-state index contributed by atoms with van der Waals surface area (Å²) in [4.78, 5) is 42.7. The van der Waals surface area contributed by atoms with Crippen LogP contribution < -0.4 is 15.6 Å². The number of amides is 1. The molecule has 1 saturated heterocycles. The van der Waals surface area contributed by atoms with Gasteiger partial charge in [0.15, 0.2) is 11.5 Å². The van der Waals surface area contributed by atoms with Gasteiger partial charge >= 0.3 is 0 Å². The Morgan fingerprint density at radius 3 is 2.43 bits per heavy atom. The number of likely N-dealkylation sites (tertiary alicyclic amines) is 1. The minimum absolute atomic E-state index is 0. The third-order valence-corrected chi connectivity index (χ3v) is 7.94. The number of pyridine rings is 1. The predicted molar refractivity (Wildman–Crippen MR) is 151 cm³/mol. The second kappa shape index (κ2) is 11.9. The number of Topliss-reactive ketones (excluding diaryl/α,β-unsaturated/α-hetero) is 1. The molecule has 1 aliphatic rings. The highest BCUT2D eigenvalue weighted by Gasteiger charge is 2.25. The van der Waals surface area contributed by atoms with Crippen LogP contribution in [0.3, 0.4) is 0 Å². The number of nitrogens with one attached hydrogen (secondary N) is 1. The zero-order chi connectivity index (χ0) is 25.1. The summed E-state index contributed by atoms with van der Waals surface area (Å²) >= 11 is 1.26. The van der Waals surface area contributed by atoms with Gasteiger partial charge in [-0.2, -0.15) is 0 Å². The normalized spacial score (nSPS) is 13.9. The summed E-state index contributed by atoms with van der Waals surface area (Å²) in [6, 6.07) is 16.4. The van der Waals surface area contributed by atoms with Gasteiger partial charge in [0.25, 0.3) is 11.5 Å². The number of halogens is 1. The molecule has 0 spiro atoms. The molecule has 194 valence electrons. The van der Waals surface area contributed by atoms with E-state index in [2.05, 4.69) is 10.2 Å². The van der Waals surface area contributed by atoms with E-state index in [1.54, 1.807) is 24.3 Å². The van der Waals surface area contributed by atoms with E-state index in [9.17, 15) is 14.4 Å². The largest absolute Gasteiger partial charge is 0.494 e. The molecule has 1 amide bonds. The summed E-state index contributed by atoms with van der Waals surface area (Å²) < 4.78 is 7.81. The first-order valence-corrected chi connectivity index (χ1v) is 13.1. The van der Waals surface area contributed by atoms with Gasteiger partial charge in [0.2, 0.25) is 0 Å². The predicted octanol–water partition coefficient (Wildman–Crippen LogP) is 4.75. The maximum Gasteiger partial charge on any atom is 0.265 e. The number of para-hydroxylation sites is 1. The standard InChI is InChI=1S/C28H29N3O4S.ClH/c1-35-24-23-25(36-26(24)27(33)29-14-17-30-15-8-3-9-16-30)20-12-6-7-13-21(20)31(28(23)34)18-22(32)19-10-4-2-5-11-19;/h2,4-7,10-13H,3,8-9,14-18H2,1H3,(H,29,33);1H. The van der Waals surface area contributed by atoms with Gasteiger partial charge in [0.05, 0.1) is 23.9 Å². The monoisotopic (exact) mass is 539 g/mol. The zero-order valence-electron chi connectivity index (χ0n) is 20.7. The molecule has 0 radical (unpaired) electrons. The van der Waals surface area contributed by atoms with Crippen molar-refractivity contribution in [2.75, 3.05) is 33.3 Å². The first-order chi connectivity index (χ1) is 17.6.